The Kier molecular flexibility index (Phi) is 3.44. The van der Waals surface area contributed by atoms with Crippen LogP contribution in [0.15, 0.2) is 36.4 Å². The third kappa shape index (κ3) is 2.34. The first kappa shape index (κ1) is 12.9. The lowest BCUT2D eigenvalue weighted by molar-refractivity contribution is 0.713. The van der Waals surface area contributed by atoms with Gasteiger partial charge in [-0.2, -0.15) is 0 Å². The van der Waals surface area contributed by atoms with Crippen molar-refractivity contribution in [2.75, 3.05) is 7.05 Å². The van der Waals surface area contributed by atoms with E-state index in [1.54, 1.807) is 0 Å². The van der Waals surface area contributed by atoms with Crippen molar-refractivity contribution in [1.82, 2.24) is 5.32 Å². The van der Waals surface area contributed by atoms with Gasteiger partial charge in [-0.25, -0.2) is 0 Å². The van der Waals surface area contributed by atoms with Crippen LogP contribution >= 0.6 is 22.7 Å². The van der Waals surface area contributed by atoms with Gasteiger partial charge in [0.25, 0.3) is 0 Å². The van der Waals surface area contributed by atoms with Gasteiger partial charge in [0.1, 0.15) is 0 Å². The summed E-state index contributed by atoms with van der Waals surface area (Å²) in [6.45, 7) is 4.38. The Bertz CT molecular complexity index is 675. The molecule has 2 aromatic heterocycles. The van der Waals surface area contributed by atoms with E-state index in [4.69, 9.17) is 0 Å². The second kappa shape index (κ2) is 5.08. The van der Waals surface area contributed by atoms with Gasteiger partial charge in [-0.3, -0.25) is 0 Å². The fraction of sp³-hybridized carbons (Fsp3) is 0.250. The SMILES string of the molecule is CNC(c1cc2ccccc2s1)c1sc(C)cc1C. The lowest BCUT2D eigenvalue weighted by Gasteiger charge is -2.13. The maximum Gasteiger partial charge on any atom is 0.0765 e. The van der Waals surface area contributed by atoms with Crippen LogP contribution in [-0.2, 0) is 0 Å². The van der Waals surface area contributed by atoms with Crippen LogP contribution in [0.4, 0.5) is 0 Å². The first-order chi connectivity index (χ1) is 9.19. The molecule has 0 aliphatic heterocycles. The standard InChI is InChI=1S/C16H17NS2/c1-10-8-11(2)18-16(10)15(17-3)14-9-12-6-4-5-7-13(12)19-14/h4-9,15,17H,1-3H3. The van der Waals surface area contributed by atoms with Crippen molar-refractivity contribution in [2.45, 2.75) is 19.9 Å². The summed E-state index contributed by atoms with van der Waals surface area (Å²) in [6, 6.07) is 13.5. The Morgan fingerprint density at radius 3 is 2.47 bits per heavy atom. The highest BCUT2D eigenvalue weighted by Crippen LogP contribution is 2.37. The van der Waals surface area contributed by atoms with Crippen molar-refractivity contribution in [3.05, 3.63) is 56.6 Å². The van der Waals surface area contributed by atoms with Crippen molar-refractivity contribution < 1.29 is 0 Å². The fourth-order valence-electron chi connectivity index (χ4n) is 2.49. The quantitative estimate of drug-likeness (QED) is 0.723. The molecular formula is C16H17NS2. The molecule has 0 radical (unpaired) electrons. The van der Waals surface area contributed by atoms with Crippen molar-refractivity contribution in [3.63, 3.8) is 0 Å². The molecule has 1 N–H and O–H groups in total. The fourth-order valence-corrected chi connectivity index (χ4v) is 4.92. The second-order valence-electron chi connectivity index (χ2n) is 4.81. The third-order valence-electron chi connectivity index (χ3n) is 3.36. The van der Waals surface area contributed by atoms with E-state index < -0.39 is 0 Å². The van der Waals surface area contributed by atoms with Gasteiger partial charge in [-0.05, 0) is 50.0 Å². The van der Waals surface area contributed by atoms with Gasteiger partial charge in [0.15, 0.2) is 0 Å². The summed E-state index contributed by atoms with van der Waals surface area (Å²) in [4.78, 5) is 4.22. The van der Waals surface area contributed by atoms with Crippen LogP contribution in [-0.4, -0.2) is 7.05 Å². The van der Waals surface area contributed by atoms with Gasteiger partial charge in [-0.1, -0.05) is 18.2 Å². The molecule has 1 aromatic carbocycles. The van der Waals surface area contributed by atoms with E-state index in [9.17, 15) is 0 Å². The highest BCUT2D eigenvalue weighted by Gasteiger charge is 2.18. The number of aryl methyl sites for hydroxylation is 2. The molecule has 3 aromatic rings. The first-order valence-corrected chi connectivity index (χ1v) is 8.05. The average Bonchev–Trinajstić information content (AvgIpc) is 2.94. The monoisotopic (exact) mass is 287 g/mol. The molecule has 0 spiro atoms. The minimum absolute atomic E-state index is 0.316. The number of hydrogen-bond donors (Lipinski definition) is 1. The van der Waals surface area contributed by atoms with Gasteiger partial charge in [-0.15, -0.1) is 22.7 Å². The topological polar surface area (TPSA) is 12.0 Å². The first-order valence-electron chi connectivity index (χ1n) is 6.41. The van der Waals surface area contributed by atoms with Gasteiger partial charge >= 0.3 is 0 Å². The van der Waals surface area contributed by atoms with Crippen molar-refractivity contribution in [1.29, 1.82) is 0 Å². The molecule has 0 saturated carbocycles. The molecule has 0 saturated heterocycles. The lowest BCUT2D eigenvalue weighted by atomic mass is 10.1. The van der Waals surface area contributed by atoms with E-state index in [0.717, 1.165) is 0 Å². The zero-order valence-corrected chi connectivity index (χ0v) is 13.0. The molecule has 0 bridgehead atoms. The Labute approximate surface area is 121 Å². The molecule has 1 unspecified atom stereocenters. The molecule has 1 atom stereocenters. The van der Waals surface area contributed by atoms with E-state index >= 15 is 0 Å². The summed E-state index contributed by atoms with van der Waals surface area (Å²) in [5.41, 5.74) is 1.39. The molecule has 19 heavy (non-hydrogen) atoms. The Morgan fingerprint density at radius 2 is 1.84 bits per heavy atom. The summed E-state index contributed by atoms with van der Waals surface area (Å²) in [5, 5.41) is 4.81. The summed E-state index contributed by atoms with van der Waals surface area (Å²) in [5.74, 6) is 0. The largest absolute Gasteiger partial charge is 0.308 e. The summed E-state index contributed by atoms with van der Waals surface area (Å²) in [6.07, 6.45) is 0. The van der Waals surface area contributed by atoms with Gasteiger partial charge in [0.05, 0.1) is 6.04 Å². The highest BCUT2D eigenvalue weighted by molar-refractivity contribution is 7.19. The van der Waals surface area contributed by atoms with Crippen molar-refractivity contribution in [3.8, 4) is 0 Å². The highest BCUT2D eigenvalue weighted by atomic mass is 32.1. The van der Waals surface area contributed by atoms with Gasteiger partial charge < -0.3 is 5.32 Å². The molecule has 0 fully saturated rings. The predicted octanol–water partition coefficient (Wildman–Crippen LogP) is 4.89. The Morgan fingerprint density at radius 1 is 1.05 bits per heavy atom. The van der Waals surface area contributed by atoms with Crippen molar-refractivity contribution in [2.24, 2.45) is 0 Å². The maximum absolute atomic E-state index is 3.47. The van der Waals surface area contributed by atoms with Gasteiger partial charge in [0, 0.05) is 19.3 Å². The van der Waals surface area contributed by atoms with Crippen LogP contribution in [0.1, 0.15) is 26.2 Å². The summed E-state index contributed by atoms with van der Waals surface area (Å²) in [7, 11) is 2.05. The molecule has 0 amide bonds. The Balaban J connectivity index is 2.09. The van der Waals surface area contributed by atoms with E-state index in [-0.39, 0.29) is 0 Å². The third-order valence-corrected chi connectivity index (χ3v) is 5.76. The van der Waals surface area contributed by atoms with Crippen LogP contribution in [0.2, 0.25) is 0 Å². The molecular weight excluding hydrogens is 270 g/mol. The molecule has 2 heterocycles. The predicted molar refractivity (Wildman–Crippen MR) is 86.5 cm³/mol. The smallest absolute Gasteiger partial charge is 0.0765 e. The van der Waals surface area contributed by atoms with Crippen molar-refractivity contribution >= 4 is 32.8 Å². The van der Waals surface area contributed by atoms with E-state index in [2.05, 4.69) is 55.6 Å². The Hall–Kier alpha value is -1.16. The minimum atomic E-state index is 0.316. The molecule has 0 aliphatic rings. The molecule has 3 heteroatoms. The number of benzene rings is 1. The van der Waals surface area contributed by atoms with Crippen LogP contribution in [0.5, 0.6) is 0 Å². The number of thiophene rings is 2. The van der Waals surface area contributed by atoms with Crippen LogP contribution in [0, 0.1) is 13.8 Å². The number of rotatable bonds is 3. The number of nitrogens with one attached hydrogen (secondary N) is 1. The van der Waals surface area contributed by atoms with E-state index in [1.165, 1.54) is 30.3 Å². The summed E-state index contributed by atoms with van der Waals surface area (Å²) < 4.78 is 1.36. The van der Waals surface area contributed by atoms with Crippen LogP contribution in [0.25, 0.3) is 10.1 Å². The van der Waals surface area contributed by atoms with Crippen LogP contribution < -0.4 is 5.32 Å². The molecule has 3 rings (SSSR count). The second-order valence-corrected chi connectivity index (χ2v) is 7.22. The minimum Gasteiger partial charge on any atom is -0.308 e. The molecule has 98 valence electrons. The lowest BCUT2D eigenvalue weighted by Crippen LogP contribution is -2.15. The van der Waals surface area contributed by atoms with Crippen LogP contribution in [0.3, 0.4) is 0 Å². The summed E-state index contributed by atoms with van der Waals surface area (Å²) >= 11 is 3.78. The number of fused-ring (bicyclic) bond motifs is 1. The number of hydrogen-bond acceptors (Lipinski definition) is 3. The maximum atomic E-state index is 3.47. The molecule has 0 aliphatic carbocycles. The van der Waals surface area contributed by atoms with E-state index in [1.807, 2.05) is 29.7 Å². The van der Waals surface area contributed by atoms with E-state index in [0.29, 0.717) is 6.04 Å². The normalized spacial score (nSPS) is 13.0. The zero-order chi connectivity index (χ0) is 13.4. The zero-order valence-electron chi connectivity index (χ0n) is 11.4. The molecule has 1 nitrogen and oxygen atoms in total. The van der Waals surface area contributed by atoms with Gasteiger partial charge in [0.2, 0.25) is 0 Å². The average molecular weight is 287 g/mol.